The molecule has 2 aromatic rings. The summed E-state index contributed by atoms with van der Waals surface area (Å²) >= 11 is 0. The van der Waals surface area contributed by atoms with Crippen molar-refractivity contribution in [2.45, 2.75) is 13.5 Å². The van der Waals surface area contributed by atoms with Gasteiger partial charge in [0, 0.05) is 51.9 Å². The number of anilines is 1. The SMILES string of the molecule is CC(=O)Nc1ccc(CN2CCN(CC=Cc3ccccc3)CC2)cc1. The van der Waals surface area contributed by atoms with Crippen molar-refractivity contribution in [3.63, 3.8) is 0 Å². The van der Waals surface area contributed by atoms with E-state index in [-0.39, 0.29) is 5.91 Å². The van der Waals surface area contributed by atoms with E-state index >= 15 is 0 Å². The van der Waals surface area contributed by atoms with Crippen LogP contribution in [-0.2, 0) is 11.3 Å². The first-order valence-electron chi connectivity index (χ1n) is 9.22. The Balaban J connectivity index is 1.41. The van der Waals surface area contributed by atoms with E-state index in [1.165, 1.54) is 18.1 Å². The Morgan fingerprint density at radius 2 is 1.62 bits per heavy atom. The predicted molar refractivity (Wildman–Crippen MR) is 108 cm³/mol. The summed E-state index contributed by atoms with van der Waals surface area (Å²) in [5.41, 5.74) is 3.40. The van der Waals surface area contributed by atoms with Crippen LogP contribution in [0.4, 0.5) is 5.69 Å². The molecular weight excluding hydrogens is 322 g/mol. The van der Waals surface area contributed by atoms with Crippen LogP contribution in [0.5, 0.6) is 0 Å². The first-order valence-corrected chi connectivity index (χ1v) is 9.22. The fraction of sp³-hybridized carbons (Fsp3) is 0.318. The van der Waals surface area contributed by atoms with Crippen LogP contribution in [0.1, 0.15) is 18.1 Å². The van der Waals surface area contributed by atoms with E-state index in [2.05, 4.69) is 63.7 Å². The standard InChI is InChI=1S/C22H27N3O/c1-19(26)23-22-11-9-21(10-12-22)18-25-16-14-24(15-17-25)13-5-8-20-6-3-2-4-7-20/h2-12H,13-18H2,1H3,(H,23,26). The van der Waals surface area contributed by atoms with Crippen LogP contribution in [0.25, 0.3) is 6.08 Å². The molecule has 0 atom stereocenters. The zero-order valence-corrected chi connectivity index (χ0v) is 15.4. The fourth-order valence-electron chi connectivity index (χ4n) is 3.19. The van der Waals surface area contributed by atoms with Crippen molar-refractivity contribution in [3.05, 3.63) is 71.8 Å². The maximum atomic E-state index is 11.1. The maximum Gasteiger partial charge on any atom is 0.221 e. The van der Waals surface area contributed by atoms with Gasteiger partial charge in [0.05, 0.1) is 0 Å². The first-order chi connectivity index (χ1) is 12.7. The zero-order valence-electron chi connectivity index (χ0n) is 15.4. The quantitative estimate of drug-likeness (QED) is 0.867. The lowest BCUT2D eigenvalue weighted by Crippen LogP contribution is -2.45. The molecule has 0 unspecified atom stereocenters. The van der Waals surface area contributed by atoms with Crippen molar-refractivity contribution in [1.29, 1.82) is 0 Å². The smallest absolute Gasteiger partial charge is 0.221 e. The third-order valence-electron chi connectivity index (χ3n) is 4.62. The number of nitrogens with one attached hydrogen (secondary N) is 1. The van der Waals surface area contributed by atoms with Gasteiger partial charge in [0.1, 0.15) is 0 Å². The summed E-state index contributed by atoms with van der Waals surface area (Å²) < 4.78 is 0. The molecule has 4 heteroatoms. The molecule has 1 saturated heterocycles. The molecule has 1 heterocycles. The molecule has 0 saturated carbocycles. The average molecular weight is 349 g/mol. The molecule has 136 valence electrons. The highest BCUT2D eigenvalue weighted by atomic mass is 16.1. The van der Waals surface area contributed by atoms with Crippen molar-refractivity contribution in [3.8, 4) is 0 Å². The van der Waals surface area contributed by atoms with E-state index in [1.807, 2.05) is 18.2 Å². The number of piperazine rings is 1. The summed E-state index contributed by atoms with van der Waals surface area (Å²) in [4.78, 5) is 16.1. The second kappa shape index (κ2) is 9.32. The van der Waals surface area contributed by atoms with Gasteiger partial charge in [-0.25, -0.2) is 0 Å². The van der Waals surface area contributed by atoms with Gasteiger partial charge in [0.15, 0.2) is 0 Å². The van der Waals surface area contributed by atoms with E-state index in [9.17, 15) is 4.79 Å². The Bertz CT molecular complexity index is 717. The van der Waals surface area contributed by atoms with Crippen molar-refractivity contribution in [2.75, 3.05) is 38.0 Å². The maximum absolute atomic E-state index is 11.1. The van der Waals surface area contributed by atoms with Gasteiger partial charge in [-0.2, -0.15) is 0 Å². The molecule has 0 spiro atoms. The molecule has 0 bridgehead atoms. The minimum Gasteiger partial charge on any atom is -0.326 e. The number of rotatable bonds is 6. The molecule has 0 radical (unpaired) electrons. The summed E-state index contributed by atoms with van der Waals surface area (Å²) in [5.74, 6) is -0.0322. The van der Waals surface area contributed by atoms with Crippen molar-refractivity contribution in [1.82, 2.24) is 9.80 Å². The molecule has 0 aromatic heterocycles. The molecule has 0 aliphatic carbocycles. The van der Waals surface area contributed by atoms with Gasteiger partial charge in [-0.3, -0.25) is 14.6 Å². The second-order valence-corrected chi connectivity index (χ2v) is 6.77. The van der Waals surface area contributed by atoms with Crippen LogP contribution in [0.15, 0.2) is 60.7 Å². The minimum absolute atomic E-state index is 0.0322. The van der Waals surface area contributed by atoms with Crippen LogP contribution in [0.2, 0.25) is 0 Å². The number of carbonyl (C=O) groups is 1. The number of amides is 1. The molecule has 1 N–H and O–H groups in total. The largest absolute Gasteiger partial charge is 0.326 e. The molecule has 1 aliphatic heterocycles. The Morgan fingerprint density at radius 3 is 2.27 bits per heavy atom. The van der Waals surface area contributed by atoms with Crippen LogP contribution in [0, 0.1) is 0 Å². The molecule has 26 heavy (non-hydrogen) atoms. The van der Waals surface area contributed by atoms with Gasteiger partial charge in [-0.15, -0.1) is 0 Å². The summed E-state index contributed by atoms with van der Waals surface area (Å²) in [6.07, 6.45) is 4.45. The van der Waals surface area contributed by atoms with Gasteiger partial charge in [-0.1, -0.05) is 54.6 Å². The molecule has 2 aromatic carbocycles. The van der Waals surface area contributed by atoms with Gasteiger partial charge in [0.25, 0.3) is 0 Å². The second-order valence-electron chi connectivity index (χ2n) is 6.77. The molecule has 1 amide bonds. The highest BCUT2D eigenvalue weighted by Gasteiger charge is 2.15. The van der Waals surface area contributed by atoms with Gasteiger partial charge in [-0.05, 0) is 23.3 Å². The Kier molecular flexibility index (Phi) is 6.58. The molecule has 1 fully saturated rings. The van der Waals surface area contributed by atoms with Gasteiger partial charge in [0.2, 0.25) is 5.91 Å². The first kappa shape index (κ1) is 18.4. The number of nitrogens with zero attached hydrogens (tertiary/aromatic N) is 2. The van der Waals surface area contributed by atoms with Crippen LogP contribution >= 0.6 is 0 Å². The lowest BCUT2D eigenvalue weighted by Gasteiger charge is -2.34. The van der Waals surface area contributed by atoms with Crippen molar-refractivity contribution < 1.29 is 4.79 Å². The van der Waals surface area contributed by atoms with E-state index in [4.69, 9.17) is 0 Å². The molecule has 3 rings (SSSR count). The summed E-state index contributed by atoms with van der Waals surface area (Å²) in [6.45, 7) is 7.89. The number of benzene rings is 2. The Hall–Kier alpha value is -2.43. The van der Waals surface area contributed by atoms with Crippen LogP contribution in [0.3, 0.4) is 0 Å². The lowest BCUT2D eigenvalue weighted by molar-refractivity contribution is -0.114. The number of hydrogen-bond acceptors (Lipinski definition) is 3. The van der Waals surface area contributed by atoms with E-state index < -0.39 is 0 Å². The monoisotopic (exact) mass is 349 g/mol. The fourth-order valence-corrected chi connectivity index (χ4v) is 3.19. The highest BCUT2D eigenvalue weighted by molar-refractivity contribution is 5.88. The highest BCUT2D eigenvalue weighted by Crippen LogP contribution is 2.13. The van der Waals surface area contributed by atoms with Gasteiger partial charge < -0.3 is 5.32 Å². The van der Waals surface area contributed by atoms with Crippen molar-refractivity contribution in [2.24, 2.45) is 0 Å². The van der Waals surface area contributed by atoms with E-state index in [0.29, 0.717) is 0 Å². The topological polar surface area (TPSA) is 35.6 Å². The molecular formula is C22H27N3O. The van der Waals surface area contributed by atoms with Crippen molar-refractivity contribution >= 4 is 17.7 Å². The van der Waals surface area contributed by atoms with Gasteiger partial charge >= 0.3 is 0 Å². The van der Waals surface area contributed by atoms with E-state index in [1.54, 1.807) is 0 Å². The lowest BCUT2D eigenvalue weighted by atomic mass is 10.1. The average Bonchev–Trinajstić information content (AvgIpc) is 2.65. The third kappa shape index (κ3) is 5.83. The number of hydrogen-bond donors (Lipinski definition) is 1. The predicted octanol–water partition coefficient (Wildman–Crippen LogP) is 3.48. The Labute approximate surface area is 156 Å². The molecule has 1 aliphatic rings. The molecule has 4 nitrogen and oxygen atoms in total. The summed E-state index contributed by atoms with van der Waals surface area (Å²) in [5, 5.41) is 2.81. The minimum atomic E-state index is -0.0322. The zero-order chi connectivity index (χ0) is 18.2. The van der Waals surface area contributed by atoms with Crippen LogP contribution < -0.4 is 5.32 Å². The normalized spacial score (nSPS) is 16.0. The number of carbonyl (C=O) groups excluding carboxylic acids is 1. The Morgan fingerprint density at radius 1 is 0.962 bits per heavy atom. The summed E-state index contributed by atoms with van der Waals surface area (Å²) in [7, 11) is 0. The summed E-state index contributed by atoms with van der Waals surface area (Å²) in [6, 6.07) is 18.6. The van der Waals surface area contributed by atoms with E-state index in [0.717, 1.165) is 45.0 Å². The van der Waals surface area contributed by atoms with Crippen LogP contribution in [-0.4, -0.2) is 48.4 Å². The third-order valence-corrected chi connectivity index (χ3v) is 4.62.